The molecule has 0 heterocycles. The lowest BCUT2D eigenvalue weighted by molar-refractivity contribution is 0.157. The van der Waals surface area contributed by atoms with E-state index in [9.17, 15) is 21.6 Å². The normalized spacial score (nSPS) is 11.6. The Morgan fingerprint density at radius 1 is 0.636 bits per heavy atom. The highest BCUT2D eigenvalue weighted by molar-refractivity contribution is 7.88. The van der Waals surface area contributed by atoms with Gasteiger partial charge in [0.15, 0.2) is 0 Å². The van der Waals surface area contributed by atoms with Crippen LogP contribution in [0.3, 0.4) is 0 Å². The van der Waals surface area contributed by atoms with Crippen LogP contribution < -0.4 is 0 Å². The predicted molar refractivity (Wildman–Crippen MR) is 74.8 cm³/mol. The molecule has 0 saturated heterocycles. The molecule has 2 rings (SSSR count). The molecule has 0 bridgehead atoms. The molecule has 22 heavy (non-hydrogen) atoms. The van der Waals surface area contributed by atoms with Crippen molar-refractivity contribution in [2.24, 2.45) is 0 Å². The molecule has 0 unspecified atom stereocenters. The van der Waals surface area contributed by atoms with E-state index in [4.69, 9.17) is 0 Å². The third-order valence-corrected chi connectivity index (χ3v) is 4.83. The molecule has 116 valence electrons. The Kier molecular flexibility index (Phi) is 4.48. The summed E-state index contributed by atoms with van der Waals surface area (Å²) in [7, 11) is -8.91. The maximum atomic E-state index is 11.7. The molecule has 0 aliphatic heterocycles. The number of hydrogen-bond donors (Lipinski definition) is 0. The van der Waals surface area contributed by atoms with Gasteiger partial charge in [0.1, 0.15) is 9.79 Å². The first-order chi connectivity index (χ1) is 10.3. The van der Waals surface area contributed by atoms with Gasteiger partial charge in [-0.05, 0) is 24.3 Å². The van der Waals surface area contributed by atoms with Crippen molar-refractivity contribution in [1.29, 1.82) is 0 Å². The fourth-order valence-corrected chi connectivity index (χ4v) is 3.11. The molecule has 0 aliphatic carbocycles. The maximum Gasteiger partial charge on any atom is 0.540 e. The second-order valence-corrected chi connectivity index (χ2v) is 7.04. The van der Waals surface area contributed by atoms with Crippen molar-refractivity contribution in [3.63, 3.8) is 0 Å². The van der Waals surface area contributed by atoms with Crippen LogP contribution in [0.25, 0.3) is 0 Å². The monoisotopic (exact) mass is 342 g/mol. The number of hydrogen-bond acceptors (Lipinski definition) is 7. The minimum atomic E-state index is -4.45. The summed E-state index contributed by atoms with van der Waals surface area (Å²) in [4.78, 5) is 10.8. The molecule has 0 aliphatic rings. The van der Waals surface area contributed by atoms with Gasteiger partial charge in [-0.2, -0.15) is 16.8 Å². The molecular weight excluding hydrogens is 332 g/mol. The summed E-state index contributed by atoms with van der Waals surface area (Å²) >= 11 is 0. The Balaban J connectivity index is 2.14. The first kappa shape index (κ1) is 16.0. The van der Waals surface area contributed by atoms with Gasteiger partial charge in [-0.25, -0.2) is 4.79 Å². The highest BCUT2D eigenvalue weighted by Crippen LogP contribution is 2.16. The Bertz CT molecular complexity index is 784. The molecule has 9 heteroatoms. The van der Waals surface area contributed by atoms with Crippen molar-refractivity contribution < 1.29 is 30.0 Å². The van der Waals surface area contributed by atoms with Gasteiger partial charge < -0.3 is 8.37 Å². The summed E-state index contributed by atoms with van der Waals surface area (Å²) in [6.45, 7) is 0. The van der Waals surface area contributed by atoms with Crippen LogP contribution in [0, 0.1) is 0 Å². The molecule has 0 N–H and O–H groups in total. The Hall–Kier alpha value is -2.39. The molecule has 0 amide bonds. The van der Waals surface area contributed by atoms with Gasteiger partial charge in [-0.15, -0.1) is 0 Å². The van der Waals surface area contributed by atoms with Crippen molar-refractivity contribution in [2.75, 3.05) is 0 Å². The van der Waals surface area contributed by atoms with Gasteiger partial charge in [0.05, 0.1) is 0 Å². The zero-order valence-corrected chi connectivity index (χ0v) is 12.6. The van der Waals surface area contributed by atoms with Crippen LogP contribution in [0.4, 0.5) is 4.79 Å². The average Bonchev–Trinajstić information content (AvgIpc) is 2.48. The third-order valence-electron chi connectivity index (χ3n) is 2.42. The molecule has 0 aromatic heterocycles. The summed E-state index contributed by atoms with van der Waals surface area (Å²) in [5.41, 5.74) is 0. The molecule has 7 nitrogen and oxygen atoms in total. The van der Waals surface area contributed by atoms with Gasteiger partial charge in [0.2, 0.25) is 0 Å². The summed E-state index contributed by atoms with van der Waals surface area (Å²) in [5.74, 6) is 0. The van der Waals surface area contributed by atoms with Gasteiger partial charge in [-0.1, -0.05) is 36.4 Å². The van der Waals surface area contributed by atoms with E-state index in [-0.39, 0.29) is 9.79 Å². The summed E-state index contributed by atoms with van der Waals surface area (Å²) in [6.07, 6.45) is -1.85. The van der Waals surface area contributed by atoms with Crippen molar-refractivity contribution in [3.8, 4) is 0 Å². The van der Waals surface area contributed by atoms with Crippen LogP contribution in [0.5, 0.6) is 0 Å². The van der Waals surface area contributed by atoms with Gasteiger partial charge in [-0.3, -0.25) is 0 Å². The maximum absolute atomic E-state index is 11.7. The molecule has 0 radical (unpaired) electrons. The highest BCUT2D eigenvalue weighted by Gasteiger charge is 2.26. The van der Waals surface area contributed by atoms with E-state index in [0.717, 1.165) is 0 Å². The number of benzene rings is 2. The fourth-order valence-electron chi connectivity index (χ4n) is 1.46. The summed E-state index contributed by atoms with van der Waals surface area (Å²) in [6, 6.07) is 13.6. The minimum absolute atomic E-state index is 0.302. The van der Waals surface area contributed by atoms with E-state index >= 15 is 0 Å². The molecule has 0 fully saturated rings. The first-order valence-electron chi connectivity index (χ1n) is 5.84. The quantitative estimate of drug-likeness (QED) is 0.782. The van der Waals surface area contributed by atoms with E-state index in [1.165, 1.54) is 48.5 Å². The zero-order valence-electron chi connectivity index (χ0n) is 10.9. The van der Waals surface area contributed by atoms with E-state index in [2.05, 4.69) is 8.37 Å². The van der Waals surface area contributed by atoms with Crippen LogP contribution >= 0.6 is 0 Å². The van der Waals surface area contributed by atoms with Crippen LogP contribution in [-0.4, -0.2) is 23.0 Å². The lowest BCUT2D eigenvalue weighted by atomic mass is 10.4. The lowest BCUT2D eigenvalue weighted by Gasteiger charge is -2.06. The van der Waals surface area contributed by atoms with E-state index in [1.807, 2.05) is 0 Å². The molecule has 0 spiro atoms. The topological polar surface area (TPSA) is 104 Å². The summed E-state index contributed by atoms with van der Waals surface area (Å²) < 4.78 is 55.2. The van der Waals surface area contributed by atoms with Crippen LogP contribution in [0.2, 0.25) is 0 Å². The van der Waals surface area contributed by atoms with E-state index in [1.54, 1.807) is 12.1 Å². The van der Waals surface area contributed by atoms with Crippen molar-refractivity contribution in [1.82, 2.24) is 0 Å². The summed E-state index contributed by atoms with van der Waals surface area (Å²) in [5, 5.41) is 0. The standard InChI is InChI=1S/C13H10O7S2/c14-13(19-21(15,16)11-7-3-1-4-8-11)20-22(17,18)12-9-5-2-6-10-12/h1-10H. The predicted octanol–water partition coefficient (Wildman–Crippen LogP) is 1.92. The Morgan fingerprint density at radius 2 is 0.955 bits per heavy atom. The molecule has 0 saturated carbocycles. The van der Waals surface area contributed by atoms with E-state index < -0.39 is 26.4 Å². The molecule has 2 aromatic carbocycles. The average molecular weight is 342 g/mol. The minimum Gasteiger partial charge on any atom is -0.307 e. The van der Waals surface area contributed by atoms with Crippen LogP contribution in [0.1, 0.15) is 0 Å². The first-order valence-corrected chi connectivity index (χ1v) is 8.66. The Morgan fingerprint density at radius 3 is 1.27 bits per heavy atom. The van der Waals surface area contributed by atoms with Crippen molar-refractivity contribution >= 4 is 26.4 Å². The smallest absolute Gasteiger partial charge is 0.307 e. The lowest BCUT2D eigenvalue weighted by Crippen LogP contribution is -2.18. The molecule has 0 atom stereocenters. The van der Waals surface area contributed by atoms with Crippen molar-refractivity contribution in [2.45, 2.75) is 9.79 Å². The SMILES string of the molecule is O=C(OS(=O)(=O)c1ccccc1)OS(=O)(=O)c1ccccc1. The molecular formula is C13H10O7S2. The van der Waals surface area contributed by atoms with Gasteiger partial charge >= 0.3 is 26.4 Å². The van der Waals surface area contributed by atoms with Crippen LogP contribution in [0.15, 0.2) is 70.5 Å². The van der Waals surface area contributed by atoms with Gasteiger partial charge in [0, 0.05) is 0 Å². The second-order valence-electron chi connectivity index (χ2n) is 3.95. The number of carbonyl (C=O) groups excluding carboxylic acids is 1. The number of carbonyl (C=O) groups is 1. The Labute approximate surface area is 127 Å². The molecule has 2 aromatic rings. The second kappa shape index (κ2) is 6.16. The van der Waals surface area contributed by atoms with Gasteiger partial charge in [0.25, 0.3) is 0 Å². The van der Waals surface area contributed by atoms with Crippen molar-refractivity contribution in [3.05, 3.63) is 60.7 Å². The number of rotatable bonds is 4. The van der Waals surface area contributed by atoms with Crippen LogP contribution in [-0.2, 0) is 28.6 Å². The highest BCUT2D eigenvalue weighted by atomic mass is 32.2. The van der Waals surface area contributed by atoms with E-state index in [0.29, 0.717) is 0 Å². The third kappa shape index (κ3) is 3.83. The zero-order chi connectivity index (χ0) is 16.2. The fraction of sp³-hybridized carbons (Fsp3) is 0. The largest absolute Gasteiger partial charge is 0.540 e.